The molecule has 3 heterocycles. The third-order valence-corrected chi connectivity index (χ3v) is 5.41. The van der Waals surface area contributed by atoms with Crippen molar-refractivity contribution in [2.45, 2.75) is 6.54 Å². The molecule has 9 heteroatoms. The summed E-state index contributed by atoms with van der Waals surface area (Å²) < 4.78 is 8.40. The molecule has 0 unspecified atom stereocenters. The summed E-state index contributed by atoms with van der Waals surface area (Å²) in [7, 11) is 1.73. The number of furan rings is 1. The lowest BCUT2D eigenvalue weighted by molar-refractivity contribution is -0.384. The Labute approximate surface area is 179 Å². The molecule has 0 bridgehead atoms. The Morgan fingerprint density at radius 2 is 1.88 bits per heavy atom. The Balaban J connectivity index is 1.92. The first kappa shape index (κ1) is 19.4. The number of para-hydroxylation sites is 1. The fraction of sp³-hybridized carbons (Fsp3) is 0.0870. The second-order valence-corrected chi connectivity index (χ2v) is 7.32. The molecule has 32 heavy (non-hydrogen) atoms. The van der Waals surface area contributed by atoms with Gasteiger partial charge >= 0.3 is 0 Å². The Hall–Kier alpha value is -4.53. The lowest BCUT2D eigenvalue weighted by Crippen LogP contribution is -2.29. The van der Waals surface area contributed by atoms with Crippen LogP contribution in [0.15, 0.2) is 80.9 Å². The monoisotopic (exact) mass is 428 g/mol. The first-order valence-corrected chi connectivity index (χ1v) is 9.75. The molecule has 0 aliphatic heterocycles. The van der Waals surface area contributed by atoms with Gasteiger partial charge in [-0.1, -0.05) is 24.3 Å². The van der Waals surface area contributed by atoms with Crippen LogP contribution in [0.5, 0.6) is 0 Å². The minimum atomic E-state index is -0.542. The second kappa shape index (κ2) is 7.31. The third kappa shape index (κ3) is 2.99. The van der Waals surface area contributed by atoms with Gasteiger partial charge in [0.1, 0.15) is 17.0 Å². The van der Waals surface area contributed by atoms with Crippen LogP contribution in [0.25, 0.3) is 33.3 Å². The lowest BCUT2D eigenvalue weighted by atomic mass is 10.1. The molecule has 5 rings (SSSR count). The lowest BCUT2D eigenvalue weighted by Gasteiger charge is -2.15. The van der Waals surface area contributed by atoms with Crippen molar-refractivity contribution in [3.05, 3.63) is 103 Å². The number of rotatable bonds is 4. The van der Waals surface area contributed by atoms with Crippen LogP contribution >= 0.6 is 0 Å². The Morgan fingerprint density at radius 1 is 1.06 bits per heavy atom. The molecule has 0 fully saturated rings. The van der Waals surface area contributed by atoms with E-state index in [4.69, 9.17) is 4.42 Å². The first-order valence-electron chi connectivity index (χ1n) is 9.75. The molecule has 0 aliphatic carbocycles. The number of aryl methyl sites for hydroxylation is 1. The van der Waals surface area contributed by atoms with E-state index in [-0.39, 0.29) is 29.1 Å². The highest BCUT2D eigenvalue weighted by atomic mass is 16.6. The van der Waals surface area contributed by atoms with Crippen molar-refractivity contribution in [2.75, 3.05) is 0 Å². The van der Waals surface area contributed by atoms with Gasteiger partial charge in [-0.25, -0.2) is 4.98 Å². The van der Waals surface area contributed by atoms with E-state index in [1.807, 2.05) is 0 Å². The molecular formula is C23H16N4O5. The zero-order chi connectivity index (χ0) is 22.4. The van der Waals surface area contributed by atoms with Gasteiger partial charge in [-0.3, -0.25) is 24.3 Å². The predicted molar refractivity (Wildman–Crippen MR) is 119 cm³/mol. The average Bonchev–Trinajstić information content (AvgIpc) is 3.32. The molecule has 9 nitrogen and oxygen atoms in total. The summed E-state index contributed by atoms with van der Waals surface area (Å²) >= 11 is 0. The van der Waals surface area contributed by atoms with Crippen molar-refractivity contribution < 1.29 is 9.34 Å². The summed E-state index contributed by atoms with van der Waals surface area (Å²) in [5, 5.41) is 11.7. The van der Waals surface area contributed by atoms with E-state index >= 15 is 0 Å². The molecule has 0 spiro atoms. The van der Waals surface area contributed by atoms with Crippen molar-refractivity contribution >= 4 is 27.6 Å². The minimum absolute atomic E-state index is 0.0166. The van der Waals surface area contributed by atoms with Gasteiger partial charge in [-0.2, -0.15) is 0 Å². The molecule has 0 atom stereocenters. The van der Waals surface area contributed by atoms with Crippen LogP contribution in [0.2, 0.25) is 0 Å². The Morgan fingerprint density at radius 3 is 2.62 bits per heavy atom. The van der Waals surface area contributed by atoms with Crippen LogP contribution < -0.4 is 11.0 Å². The van der Waals surface area contributed by atoms with Gasteiger partial charge in [0.2, 0.25) is 5.43 Å². The van der Waals surface area contributed by atoms with E-state index in [9.17, 15) is 19.7 Å². The van der Waals surface area contributed by atoms with Crippen molar-refractivity contribution in [3.8, 4) is 11.4 Å². The van der Waals surface area contributed by atoms with Crippen LogP contribution in [0.4, 0.5) is 5.69 Å². The predicted octanol–water partition coefficient (Wildman–Crippen LogP) is 3.46. The SMILES string of the molecule is Cn1c2ccccc2c(=O)c2c(=O)n(Cc3ccco3)c(-c3cccc([N+](=O)[O-])c3)nc21. The van der Waals surface area contributed by atoms with E-state index in [0.717, 1.165) is 0 Å². The number of hydrogen-bond acceptors (Lipinski definition) is 6. The average molecular weight is 428 g/mol. The topological polar surface area (TPSA) is 113 Å². The molecule has 0 amide bonds. The molecule has 5 aromatic rings. The third-order valence-electron chi connectivity index (χ3n) is 5.41. The normalized spacial score (nSPS) is 11.3. The summed E-state index contributed by atoms with van der Waals surface area (Å²) in [6, 6.07) is 16.3. The molecule has 0 saturated heterocycles. The van der Waals surface area contributed by atoms with Crippen LogP contribution in [0.3, 0.4) is 0 Å². The molecule has 0 saturated carbocycles. The molecule has 0 aliphatic rings. The van der Waals surface area contributed by atoms with Gasteiger partial charge in [0.25, 0.3) is 11.2 Å². The van der Waals surface area contributed by atoms with Gasteiger partial charge < -0.3 is 8.98 Å². The van der Waals surface area contributed by atoms with Gasteiger partial charge in [-0.05, 0) is 24.3 Å². The number of fused-ring (bicyclic) bond motifs is 2. The fourth-order valence-corrected chi connectivity index (χ4v) is 3.88. The van der Waals surface area contributed by atoms with Crippen LogP contribution in [-0.2, 0) is 13.6 Å². The number of nitrogens with zero attached hydrogens (tertiary/aromatic N) is 4. The largest absolute Gasteiger partial charge is 0.467 e. The summed E-state index contributed by atoms with van der Waals surface area (Å²) in [5.41, 5.74) is 0.130. The molecule has 0 radical (unpaired) electrons. The minimum Gasteiger partial charge on any atom is -0.467 e. The van der Waals surface area contributed by atoms with E-state index in [1.165, 1.54) is 29.0 Å². The maximum atomic E-state index is 13.6. The van der Waals surface area contributed by atoms with Gasteiger partial charge in [0.15, 0.2) is 5.65 Å². The number of pyridine rings is 1. The zero-order valence-corrected chi connectivity index (χ0v) is 16.9. The second-order valence-electron chi connectivity index (χ2n) is 7.32. The molecular weight excluding hydrogens is 412 g/mol. The van der Waals surface area contributed by atoms with Crippen LogP contribution in [0, 0.1) is 10.1 Å². The number of aromatic nitrogens is 3. The molecule has 3 aromatic heterocycles. The quantitative estimate of drug-likeness (QED) is 0.246. The van der Waals surface area contributed by atoms with Gasteiger partial charge in [0, 0.05) is 30.1 Å². The number of nitro groups is 1. The van der Waals surface area contributed by atoms with Crippen molar-refractivity contribution in [1.82, 2.24) is 14.1 Å². The maximum Gasteiger partial charge on any atom is 0.270 e. The van der Waals surface area contributed by atoms with E-state index in [0.29, 0.717) is 22.2 Å². The summed E-state index contributed by atoms with van der Waals surface area (Å²) in [5.74, 6) is 0.686. The number of benzene rings is 2. The Kier molecular flexibility index (Phi) is 4.44. The Bertz CT molecular complexity index is 1630. The van der Waals surface area contributed by atoms with E-state index in [2.05, 4.69) is 4.98 Å². The molecule has 0 N–H and O–H groups in total. The summed E-state index contributed by atoms with van der Waals surface area (Å²) in [4.78, 5) is 42.3. The van der Waals surface area contributed by atoms with Crippen molar-refractivity contribution in [2.24, 2.45) is 7.05 Å². The van der Waals surface area contributed by atoms with Gasteiger partial charge in [0.05, 0.1) is 23.2 Å². The number of non-ortho nitro benzene ring substituents is 1. The highest BCUT2D eigenvalue weighted by Gasteiger charge is 2.21. The first-order chi connectivity index (χ1) is 15.5. The van der Waals surface area contributed by atoms with E-state index in [1.54, 1.807) is 54.1 Å². The van der Waals surface area contributed by atoms with Crippen molar-refractivity contribution in [1.29, 1.82) is 0 Å². The van der Waals surface area contributed by atoms with E-state index < -0.39 is 15.9 Å². The smallest absolute Gasteiger partial charge is 0.270 e. The molecule has 158 valence electrons. The molecule has 2 aromatic carbocycles. The fourth-order valence-electron chi connectivity index (χ4n) is 3.88. The van der Waals surface area contributed by atoms with Crippen molar-refractivity contribution in [3.63, 3.8) is 0 Å². The number of hydrogen-bond donors (Lipinski definition) is 0. The van der Waals surface area contributed by atoms with Crippen LogP contribution in [0.1, 0.15) is 5.76 Å². The highest BCUT2D eigenvalue weighted by Crippen LogP contribution is 2.24. The summed E-state index contributed by atoms with van der Waals surface area (Å²) in [6.07, 6.45) is 1.48. The number of nitro benzene ring substituents is 1. The summed E-state index contributed by atoms with van der Waals surface area (Å²) in [6.45, 7) is 0.0166. The highest BCUT2D eigenvalue weighted by molar-refractivity contribution is 5.92. The zero-order valence-electron chi connectivity index (χ0n) is 16.9. The standard InChI is InChI=1S/C23H16N4O5/c1-25-18-10-3-2-9-17(18)20(28)19-22(25)24-21(14-6-4-7-15(12-14)27(30)31)26(23(19)29)13-16-8-5-11-32-16/h2-12H,13H2,1H3. The van der Waals surface area contributed by atoms with Crippen LogP contribution in [-0.4, -0.2) is 19.0 Å². The van der Waals surface area contributed by atoms with Gasteiger partial charge in [-0.15, -0.1) is 0 Å². The maximum absolute atomic E-state index is 13.6.